The van der Waals surface area contributed by atoms with Crippen molar-refractivity contribution in [2.75, 3.05) is 7.11 Å². The first-order valence-electron chi connectivity index (χ1n) is 5.83. The number of ether oxygens (including phenoxy) is 2. The van der Waals surface area contributed by atoms with Gasteiger partial charge in [-0.05, 0) is 59.3 Å². The first-order chi connectivity index (χ1) is 9.51. The number of halogens is 2. The predicted octanol–water partition coefficient (Wildman–Crippen LogP) is 4.59. The Bertz CT molecular complexity index is 656. The van der Waals surface area contributed by atoms with Crippen molar-refractivity contribution in [1.29, 1.82) is 0 Å². The molecule has 2 rings (SSSR count). The molecule has 0 aliphatic rings. The maximum Gasteiger partial charge on any atom is 0.163 e. The molecule has 0 heterocycles. The molecule has 2 aromatic carbocycles. The average Bonchev–Trinajstić information content (AvgIpc) is 2.42. The van der Waals surface area contributed by atoms with Gasteiger partial charge in [0.2, 0.25) is 0 Å². The lowest BCUT2D eigenvalue weighted by molar-refractivity contribution is 0.101. The van der Waals surface area contributed by atoms with Crippen LogP contribution in [0.5, 0.6) is 17.2 Å². The number of Topliss-reactive ketones (excluding diaryl/α,β-unsaturated/α-hetero) is 1. The molecular formula is C15H12BrFO3. The van der Waals surface area contributed by atoms with E-state index in [2.05, 4.69) is 15.9 Å². The highest BCUT2D eigenvalue weighted by atomic mass is 79.9. The first kappa shape index (κ1) is 14.5. The van der Waals surface area contributed by atoms with Gasteiger partial charge in [0.25, 0.3) is 0 Å². The molecule has 0 radical (unpaired) electrons. The van der Waals surface area contributed by atoms with Crippen molar-refractivity contribution in [2.45, 2.75) is 6.92 Å². The fraction of sp³-hybridized carbons (Fsp3) is 0.133. The van der Waals surface area contributed by atoms with E-state index in [0.717, 1.165) is 6.07 Å². The van der Waals surface area contributed by atoms with E-state index in [0.29, 0.717) is 21.7 Å². The summed E-state index contributed by atoms with van der Waals surface area (Å²) in [5.41, 5.74) is 0.202. The molecule has 0 N–H and O–H groups in total. The van der Waals surface area contributed by atoms with Gasteiger partial charge in [-0.3, -0.25) is 4.79 Å². The van der Waals surface area contributed by atoms with Gasteiger partial charge in [0.15, 0.2) is 5.78 Å². The van der Waals surface area contributed by atoms with E-state index in [9.17, 15) is 9.18 Å². The quantitative estimate of drug-likeness (QED) is 0.764. The molecule has 2 aromatic rings. The smallest absolute Gasteiger partial charge is 0.163 e. The summed E-state index contributed by atoms with van der Waals surface area (Å²) in [4.78, 5) is 11.5. The van der Waals surface area contributed by atoms with Crippen LogP contribution in [0, 0.1) is 5.82 Å². The zero-order chi connectivity index (χ0) is 14.7. The van der Waals surface area contributed by atoms with Gasteiger partial charge in [0.1, 0.15) is 23.1 Å². The van der Waals surface area contributed by atoms with Crippen molar-refractivity contribution in [1.82, 2.24) is 0 Å². The zero-order valence-electron chi connectivity index (χ0n) is 10.9. The fourth-order valence-electron chi connectivity index (χ4n) is 1.68. The van der Waals surface area contributed by atoms with Crippen molar-refractivity contribution in [3.8, 4) is 17.2 Å². The van der Waals surface area contributed by atoms with Crippen molar-refractivity contribution in [2.24, 2.45) is 0 Å². The minimum absolute atomic E-state index is 0.202. The van der Waals surface area contributed by atoms with Crippen molar-refractivity contribution in [3.05, 3.63) is 52.3 Å². The Morgan fingerprint density at radius 2 is 1.85 bits per heavy atom. The number of hydrogen-bond donors (Lipinski definition) is 0. The lowest BCUT2D eigenvalue weighted by atomic mass is 10.1. The number of hydrogen-bond acceptors (Lipinski definition) is 3. The normalized spacial score (nSPS) is 10.2. The summed E-state index contributed by atoms with van der Waals surface area (Å²) < 4.78 is 24.6. The molecule has 104 valence electrons. The number of carbonyl (C=O) groups is 1. The van der Waals surface area contributed by atoms with Gasteiger partial charge >= 0.3 is 0 Å². The topological polar surface area (TPSA) is 35.5 Å². The van der Waals surface area contributed by atoms with E-state index in [-0.39, 0.29) is 11.3 Å². The third-order valence-corrected chi connectivity index (χ3v) is 3.30. The van der Waals surface area contributed by atoms with Gasteiger partial charge in [-0.25, -0.2) is 4.39 Å². The Morgan fingerprint density at radius 3 is 2.45 bits per heavy atom. The average molecular weight is 339 g/mol. The van der Waals surface area contributed by atoms with Crippen LogP contribution in [-0.4, -0.2) is 12.9 Å². The molecule has 0 aliphatic heterocycles. The van der Waals surface area contributed by atoms with E-state index in [1.165, 1.54) is 19.1 Å². The van der Waals surface area contributed by atoms with Crippen LogP contribution in [0.4, 0.5) is 4.39 Å². The van der Waals surface area contributed by atoms with E-state index >= 15 is 0 Å². The molecule has 0 saturated heterocycles. The molecule has 0 bridgehead atoms. The SMILES string of the molecule is COc1ccc(Oc2ccc(F)cc2C(C)=O)c(Br)c1. The summed E-state index contributed by atoms with van der Waals surface area (Å²) in [7, 11) is 1.57. The molecule has 0 amide bonds. The number of ketones is 1. The molecule has 20 heavy (non-hydrogen) atoms. The molecule has 5 heteroatoms. The summed E-state index contributed by atoms with van der Waals surface area (Å²) in [6.45, 7) is 1.37. The monoisotopic (exact) mass is 338 g/mol. The van der Waals surface area contributed by atoms with Gasteiger partial charge in [-0.1, -0.05) is 0 Å². The summed E-state index contributed by atoms with van der Waals surface area (Å²) >= 11 is 3.36. The van der Waals surface area contributed by atoms with Gasteiger partial charge in [0.05, 0.1) is 17.1 Å². The highest BCUT2D eigenvalue weighted by Gasteiger charge is 2.12. The summed E-state index contributed by atoms with van der Waals surface area (Å²) in [6.07, 6.45) is 0. The highest BCUT2D eigenvalue weighted by Crippen LogP contribution is 2.34. The van der Waals surface area contributed by atoms with E-state index in [4.69, 9.17) is 9.47 Å². The summed E-state index contributed by atoms with van der Waals surface area (Å²) in [5.74, 6) is 0.764. The largest absolute Gasteiger partial charge is 0.497 e. The number of methoxy groups -OCH3 is 1. The van der Waals surface area contributed by atoms with Crippen LogP contribution in [0.2, 0.25) is 0 Å². The fourth-order valence-corrected chi connectivity index (χ4v) is 2.11. The molecule has 3 nitrogen and oxygen atoms in total. The maximum absolute atomic E-state index is 13.2. The predicted molar refractivity (Wildman–Crippen MR) is 77.2 cm³/mol. The van der Waals surface area contributed by atoms with Crippen LogP contribution in [0.3, 0.4) is 0 Å². The number of benzene rings is 2. The molecular weight excluding hydrogens is 327 g/mol. The van der Waals surface area contributed by atoms with Gasteiger partial charge < -0.3 is 9.47 Å². The number of carbonyl (C=O) groups excluding carboxylic acids is 1. The summed E-state index contributed by atoms with van der Waals surface area (Å²) in [6, 6.07) is 9.02. The maximum atomic E-state index is 13.2. The Labute approximate surface area is 124 Å². The van der Waals surface area contributed by atoms with Crippen LogP contribution >= 0.6 is 15.9 Å². The second-order valence-corrected chi connectivity index (χ2v) is 4.95. The molecule has 0 aromatic heterocycles. The van der Waals surface area contributed by atoms with Gasteiger partial charge in [-0.15, -0.1) is 0 Å². The lowest BCUT2D eigenvalue weighted by Gasteiger charge is -2.11. The standard InChI is InChI=1S/C15H12BrFO3/c1-9(18)12-7-10(17)3-5-14(12)20-15-6-4-11(19-2)8-13(15)16/h3-8H,1-2H3. The first-order valence-corrected chi connectivity index (χ1v) is 6.62. The molecule has 0 saturated carbocycles. The molecule has 0 aliphatic carbocycles. The Hall–Kier alpha value is -1.88. The molecule has 0 unspecified atom stereocenters. The highest BCUT2D eigenvalue weighted by molar-refractivity contribution is 9.10. The van der Waals surface area contributed by atoms with Crippen LogP contribution in [-0.2, 0) is 0 Å². The van der Waals surface area contributed by atoms with E-state index in [1.54, 1.807) is 25.3 Å². The Balaban J connectivity index is 2.37. The zero-order valence-corrected chi connectivity index (χ0v) is 12.5. The van der Waals surface area contributed by atoms with Crippen LogP contribution in [0.25, 0.3) is 0 Å². The Kier molecular flexibility index (Phi) is 4.39. The van der Waals surface area contributed by atoms with E-state index in [1.807, 2.05) is 0 Å². The Morgan fingerprint density at radius 1 is 1.15 bits per heavy atom. The van der Waals surface area contributed by atoms with Crippen LogP contribution in [0.1, 0.15) is 17.3 Å². The van der Waals surface area contributed by atoms with Crippen molar-refractivity contribution >= 4 is 21.7 Å². The third-order valence-electron chi connectivity index (χ3n) is 2.68. The van der Waals surface area contributed by atoms with Crippen LogP contribution < -0.4 is 9.47 Å². The summed E-state index contributed by atoms with van der Waals surface area (Å²) in [5, 5.41) is 0. The second kappa shape index (κ2) is 6.05. The lowest BCUT2D eigenvalue weighted by Crippen LogP contribution is -1.98. The van der Waals surface area contributed by atoms with Gasteiger partial charge in [0, 0.05) is 0 Å². The van der Waals surface area contributed by atoms with E-state index < -0.39 is 5.82 Å². The minimum atomic E-state index is -0.476. The van der Waals surface area contributed by atoms with Crippen molar-refractivity contribution in [3.63, 3.8) is 0 Å². The van der Waals surface area contributed by atoms with Crippen molar-refractivity contribution < 1.29 is 18.7 Å². The van der Waals surface area contributed by atoms with Gasteiger partial charge in [-0.2, -0.15) is 0 Å². The molecule has 0 fully saturated rings. The third kappa shape index (κ3) is 3.17. The number of rotatable bonds is 4. The van der Waals surface area contributed by atoms with Crippen LogP contribution in [0.15, 0.2) is 40.9 Å². The molecule has 0 spiro atoms. The molecule has 0 atom stereocenters. The second-order valence-electron chi connectivity index (χ2n) is 4.10. The minimum Gasteiger partial charge on any atom is -0.497 e.